The van der Waals surface area contributed by atoms with E-state index in [0.717, 1.165) is 12.1 Å². The molecular formula is C9H8O8S. The molecule has 0 saturated heterocycles. The lowest BCUT2D eigenvalue weighted by Gasteiger charge is -2.07. The van der Waals surface area contributed by atoms with Gasteiger partial charge in [0.05, 0.1) is 0 Å². The fourth-order valence-corrected chi connectivity index (χ4v) is 1.42. The van der Waals surface area contributed by atoms with E-state index in [4.69, 9.17) is 14.8 Å². The number of carboxylic acids is 1. The van der Waals surface area contributed by atoms with Crippen LogP contribution in [-0.2, 0) is 15.2 Å². The van der Waals surface area contributed by atoms with Gasteiger partial charge in [-0.05, 0) is 12.1 Å². The molecule has 9 heteroatoms. The maximum atomic E-state index is 10.5. The van der Waals surface area contributed by atoms with Crippen molar-refractivity contribution in [3.8, 4) is 17.2 Å². The number of phenols is 2. The van der Waals surface area contributed by atoms with Crippen molar-refractivity contribution in [3.05, 3.63) is 23.8 Å². The molecule has 1 aromatic carbocycles. The molecule has 4 N–H and O–H groups in total. The number of carboxylic acid groups (broad SMARTS) is 1. The normalized spacial score (nSPS) is 11.6. The third kappa shape index (κ3) is 3.96. The number of hydrogen-bond donors (Lipinski definition) is 4. The van der Waals surface area contributed by atoms with Crippen LogP contribution in [0.1, 0.15) is 5.56 Å². The zero-order valence-corrected chi connectivity index (χ0v) is 9.46. The maximum absolute atomic E-state index is 10.5. The third-order valence-electron chi connectivity index (χ3n) is 1.71. The molecule has 0 saturated carbocycles. The first kappa shape index (κ1) is 13.8. The second-order valence-electron chi connectivity index (χ2n) is 3.06. The lowest BCUT2D eigenvalue weighted by molar-refractivity contribution is -0.131. The molecule has 0 radical (unpaired) electrons. The van der Waals surface area contributed by atoms with Crippen LogP contribution in [0.15, 0.2) is 18.2 Å². The average Bonchev–Trinajstić information content (AvgIpc) is 2.18. The van der Waals surface area contributed by atoms with Crippen LogP contribution in [0.5, 0.6) is 17.2 Å². The Morgan fingerprint density at radius 2 is 1.78 bits per heavy atom. The van der Waals surface area contributed by atoms with Gasteiger partial charge in [-0.3, -0.25) is 4.55 Å². The zero-order valence-electron chi connectivity index (χ0n) is 8.64. The van der Waals surface area contributed by atoms with E-state index in [1.54, 1.807) is 0 Å². The zero-order chi connectivity index (χ0) is 13.9. The minimum absolute atomic E-state index is 0.162. The minimum atomic E-state index is -4.84. The van der Waals surface area contributed by atoms with Crippen molar-refractivity contribution < 1.29 is 37.3 Å². The van der Waals surface area contributed by atoms with Gasteiger partial charge in [0.2, 0.25) is 0 Å². The van der Waals surface area contributed by atoms with E-state index in [0.29, 0.717) is 12.1 Å². The molecule has 8 nitrogen and oxygen atoms in total. The predicted molar refractivity (Wildman–Crippen MR) is 58.6 cm³/mol. The second kappa shape index (κ2) is 4.94. The fourth-order valence-electron chi connectivity index (χ4n) is 1.05. The Labute approximate surface area is 101 Å². The Morgan fingerprint density at radius 1 is 1.22 bits per heavy atom. The van der Waals surface area contributed by atoms with E-state index in [2.05, 4.69) is 4.18 Å². The summed E-state index contributed by atoms with van der Waals surface area (Å²) in [6, 6.07) is 1.58. The van der Waals surface area contributed by atoms with Crippen molar-refractivity contribution in [2.24, 2.45) is 0 Å². The average molecular weight is 276 g/mol. The summed E-state index contributed by atoms with van der Waals surface area (Å²) in [6.07, 6.45) is 1.57. The number of hydrogen-bond acceptors (Lipinski definition) is 6. The van der Waals surface area contributed by atoms with Gasteiger partial charge in [-0.15, -0.1) is 0 Å². The van der Waals surface area contributed by atoms with Crippen LogP contribution in [0.2, 0.25) is 0 Å². The van der Waals surface area contributed by atoms with Gasteiger partial charge in [0, 0.05) is 17.7 Å². The summed E-state index contributed by atoms with van der Waals surface area (Å²) in [5, 5.41) is 26.8. The fraction of sp³-hybridized carbons (Fsp3) is 0. The molecule has 0 bridgehead atoms. The summed E-state index contributed by atoms with van der Waals surface area (Å²) >= 11 is 0. The highest BCUT2D eigenvalue weighted by Gasteiger charge is 2.14. The van der Waals surface area contributed by atoms with Gasteiger partial charge in [0.25, 0.3) is 0 Å². The maximum Gasteiger partial charge on any atom is 0.446 e. The van der Waals surface area contributed by atoms with Crippen molar-refractivity contribution in [1.29, 1.82) is 0 Å². The topological polar surface area (TPSA) is 141 Å². The number of rotatable bonds is 4. The summed E-state index contributed by atoms with van der Waals surface area (Å²) in [7, 11) is -4.84. The summed E-state index contributed by atoms with van der Waals surface area (Å²) in [5.41, 5.74) is -0.162. The van der Waals surface area contributed by atoms with Gasteiger partial charge in [0.1, 0.15) is 0 Å². The number of carbonyl (C=O) groups is 1. The van der Waals surface area contributed by atoms with Gasteiger partial charge >= 0.3 is 16.4 Å². The van der Waals surface area contributed by atoms with Crippen LogP contribution >= 0.6 is 0 Å². The number of aromatic hydroxyl groups is 2. The van der Waals surface area contributed by atoms with Crippen LogP contribution < -0.4 is 4.18 Å². The molecule has 0 aromatic heterocycles. The van der Waals surface area contributed by atoms with E-state index in [-0.39, 0.29) is 5.56 Å². The molecule has 1 rings (SSSR count). The first-order chi connectivity index (χ1) is 8.19. The molecule has 0 aliphatic rings. The second-order valence-corrected chi connectivity index (χ2v) is 4.08. The Balaban J connectivity index is 3.29. The molecule has 0 unspecified atom stereocenters. The molecule has 0 fully saturated rings. The van der Waals surface area contributed by atoms with Crippen molar-refractivity contribution in [2.75, 3.05) is 0 Å². The number of phenolic OH excluding ortho intramolecular Hbond substituents is 2. The minimum Gasteiger partial charge on any atom is -0.504 e. The summed E-state index contributed by atoms with van der Waals surface area (Å²) in [6.45, 7) is 0. The van der Waals surface area contributed by atoms with Gasteiger partial charge in [0.15, 0.2) is 17.2 Å². The largest absolute Gasteiger partial charge is 0.504 e. The first-order valence-electron chi connectivity index (χ1n) is 4.33. The third-order valence-corrected chi connectivity index (χ3v) is 2.10. The Morgan fingerprint density at radius 3 is 2.28 bits per heavy atom. The molecule has 98 valence electrons. The van der Waals surface area contributed by atoms with Crippen LogP contribution in [0, 0.1) is 0 Å². The number of benzene rings is 1. The quantitative estimate of drug-likeness (QED) is 0.351. The molecule has 0 amide bonds. The molecule has 0 spiro atoms. The lowest BCUT2D eigenvalue weighted by atomic mass is 10.1. The van der Waals surface area contributed by atoms with Crippen LogP contribution in [-0.4, -0.2) is 34.3 Å². The molecule has 18 heavy (non-hydrogen) atoms. The van der Waals surface area contributed by atoms with Crippen LogP contribution in [0.3, 0.4) is 0 Å². The van der Waals surface area contributed by atoms with Crippen LogP contribution in [0.25, 0.3) is 6.08 Å². The highest BCUT2D eigenvalue weighted by molar-refractivity contribution is 7.81. The first-order valence-corrected chi connectivity index (χ1v) is 5.69. The van der Waals surface area contributed by atoms with Crippen molar-refractivity contribution in [3.63, 3.8) is 0 Å². The van der Waals surface area contributed by atoms with Crippen molar-refractivity contribution in [2.45, 2.75) is 0 Å². The van der Waals surface area contributed by atoms with Crippen LogP contribution in [0.4, 0.5) is 0 Å². The predicted octanol–water partition coefficient (Wildman–Crippen LogP) is 0.377. The molecule has 1 aromatic rings. The van der Waals surface area contributed by atoms with Crippen molar-refractivity contribution >= 4 is 22.4 Å². The summed E-state index contributed by atoms with van der Waals surface area (Å²) in [4.78, 5) is 10.3. The highest BCUT2D eigenvalue weighted by atomic mass is 32.3. The molecule has 0 aliphatic heterocycles. The molecule has 0 atom stereocenters. The number of aliphatic carboxylic acids is 1. The van der Waals surface area contributed by atoms with Gasteiger partial charge in [-0.2, -0.15) is 8.42 Å². The molecule has 0 heterocycles. The van der Waals surface area contributed by atoms with Crippen molar-refractivity contribution in [1.82, 2.24) is 0 Å². The Bertz CT molecular complexity index is 601. The van der Waals surface area contributed by atoms with E-state index in [1.165, 1.54) is 0 Å². The lowest BCUT2D eigenvalue weighted by Crippen LogP contribution is -2.07. The van der Waals surface area contributed by atoms with Gasteiger partial charge in [-0.25, -0.2) is 4.79 Å². The van der Waals surface area contributed by atoms with E-state index in [1.807, 2.05) is 0 Å². The Hall–Kier alpha value is -2.26. The van der Waals surface area contributed by atoms with E-state index < -0.39 is 33.6 Å². The highest BCUT2D eigenvalue weighted by Crippen LogP contribution is 2.34. The van der Waals surface area contributed by atoms with Gasteiger partial charge < -0.3 is 19.5 Å². The van der Waals surface area contributed by atoms with Gasteiger partial charge in [-0.1, -0.05) is 0 Å². The monoisotopic (exact) mass is 276 g/mol. The molecule has 0 aliphatic carbocycles. The SMILES string of the molecule is O=C(O)C=Cc1cc(O)c(O)cc1OS(=O)(=O)O. The van der Waals surface area contributed by atoms with E-state index in [9.17, 15) is 18.3 Å². The smallest absolute Gasteiger partial charge is 0.446 e. The van der Waals surface area contributed by atoms with E-state index >= 15 is 0 Å². The standard InChI is InChI=1S/C9H8O8S/c10-6-3-5(1-2-9(12)13)8(4-7(6)11)17-18(14,15)16/h1-4,10-11H,(H,12,13)(H,14,15,16). The summed E-state index contributed by atoms with van der Waals surface area (Å²) in [5.74, 6) is -3.16. The Kier molecular flexibility index (Phi) is 3.79. The molecular weight excluding hydrogens is 268 g/mol. The summed E-state index contributed by atoms with van der Waals surface area (Å²) < 4.78 is 33.7.